The molecule has 2 aliphatic rings. The zero-order chi connectivity index (χ0) is 16.2. The molecule has 134 valence electrons. The van der Waals surface area contributed by atoms with Crippen LogP contribution in [-0.2, 0) is 14.3 Å². The van der Waals surface area contributed by atoms with Crippen LogP contribution < -0.4 is 10.6 Å². The molecule has 0 spiro atoms. The summed E-state index contributed by atoms with van der Waals surface area (Å²) in [4.78, 5) is 26.8. The largest absolute Gasteiger partial charge is 0.368 e. The van der Waals surface area contributed by atoms with Crippen molar-refractivity contribution < 1.29 is 14.3 Å². The highest BCUT2D eigenvalue weighted by Gasteiger charge is 2.45. The maximum atomic E-state index is 12.7. The molecule has 0 bridgehead atoms. The van der Waals surface area contributed by atoms with E-state index >= 15 is 0 Å². The molecule has 0 aromatic heterocycles. The van der Waals surface area contributed by atoms with Gasteiger partial charge in [-0.1, -0.05) is 12.8 Å². The Morgan fingerprint density at radius 2 is 1.70 bits per heavy atom. The summed E-state index contributed by atoms with van der Waals surface area (Å²) in [5, 5.41) is 6.27. The second-order valence-electron chi connectivity index (χ2n) is 6.82. The average Bonchev–Trinajstić information content (AvgIpc) is 3.02. The van der Waals surface area contributed by atoms with E-state index in [1.165, 1.54) is 0 Å². The van der Waals surface area contributed by atoms with Crippen LogP contribution in [0.2, 0.25) is 0 Å². The summed E-state index contributed by atoms with van der Waals surface area (Å²) >= 11 is 0. The van der Waals surface area contributed by atoms with Crippen LogP contribution in [0.1, 0.15) is 38.5 Å². The molecule has 2 N–H and O–H groups in total. The van der Waals surface area contributed by atoms with Gasteiger partial charge >= 0.3 is 0 Å². The lowest BCUT2D eigenvalue weighted by Gasteiger charge is -2.37. The minimum atomic E-state index is -0.744. The second-order valence-corrected chi connectivity index (χ2v) is 6.82. The van der Waals surface area contributed by atoms with E-state index in [0.717, 1.165) is 38.8 Å². The summed E-state index contributed by atoms with van der Waals surface area (Å²) in [6.07, 6.45) is 5.15. The van der Waals surface area contributed by atoms with Gasteiger partial charge in [0, 0.05) is 27.7 Å². The van der Waals surface area contributed by atoms with E-state index in [1.807, 2.05) is 0 Å². The summed E-state index contributed by atoms with van der Waals surface area (Å²) in [6, 6.07) is 0. The molecule has 2 fully saturated rings. The van der Waals surface area contributed by atoms with E-state index in [9.17, 15) is 9.59 Å². The molecule has 1 saturated carbocycles. The van der Waals surface area contributed by atoms with Crippen molar-refractivity contribution in [2.45, 2.75) is 44.1 Å². The highest BCUT2D eigenvalue weighted by Crippen LogP contribution is 2.39. The van der Waals surface area contributed by atoms with Gasteiger partial charge in [0.2, 0.25) is 5.91 Å². The molecule has 0 radical (unpaired) electrons. The van der Waals surface area contributed by atoms with Gasteiger partial charge in [0.1, 0.15) is 5.60 Å². The van der Waals surface area contributed by atoms with E-state index in [2.05, 4.69) is 10.6 Å². The van der Waals surface area contributed by atoms with Crippen molar-refractivity contribution in [1.29, 1.82) is 0 Å². The Morgan fingerprint density at radius 3 is 2.17 bits per heavy atom. The van der Waals surface area contributed by atoms with Crippen LogP contribution in [0.15, 0.2) is 0 Å². The van der Waals surface area contributed by atoms with Crippen LogP contribution in [0.4, 0.5) is 0 Å². The fraction of sp³-hybridized carbons (Fsp3) is 0.875. The maximum Gasteiger partial charge on any atom is 0.252 e. The second kappa shape index (κ2) is 8.31. The molecule has 0 atom stereocenters. The maximum absolute atomic E-state index is 12.7. The molecule has 1 saturated heterocycles. The van der Waals surface area contributed by atoms with Gasteiger partial charge in [-0.3, -0.25) is 9.59 Å². The molecule has 0 aromatic rings. The highest BCUT2D eigenvalue weighted by molar-refractivity contribution is 5.87. The third-order valence-electron chi connectivity index (χ3n) is 5.22. The lowest BCUT2D eigenvalue weighted by atomic mass is 9.83. The van der Waals surface area contributed by atoms with Gasteiger partial charge in [-0.15, -0.1) is 12.4 Å². The molecule has 1 heterocycles. The number of nitrogens with zero attached hydrogens (tertiary/aromatic N) is 1. The van der Waals surface area contributed by atoms with Gasteiger partial charge < -0.3 is 20.3 Å². The van der Waals surface area contributed by atoms with E-state index in [4.69, 9.17) is 4.74 Å². The summed E-state index contributed by atoms with van der Waals surface area (Å²) < 4.78 is 5.55. The van der Waals surface area contributed by atoms with E-state index in [1.54, 1.807) is 26.1 Å². The number of ether oxygens (including phenoxy) is 1. The number of piperidine rings is 1. The standard InChI is InChI=1S/C16H29N3O3.ClH/c1-19(2)14(21)15(6-4-5-7-15)12-18-13(20)16(22-3)8-10-17-11-9-16;/h17H,4-12H2,1-3H3,(H,18,20);1H. The van der Waals surface area contributed by atoms with Crippen LogP contribution in [0.3, 0.4) is 0 Å². The SMILES string of the molecule is COC1(C(=O)NCC2(C(=O)N(C)C)CCCC2)CCNCC1.Cl. The topological polar surface area (TPSA) is 70.7 Å². The van der Waals surface area contributed by atoms with Crippen molar-refractivity contribution in [1.82, 2.24) is 15.5 Å². The van der Waals surface area contributed by atoms with Crippen LogP contribution in [0.25, 0.3) is 0 Å². The first-order valence-electron chi connectivity index (χ1n) is 8.22. The lowest BCUT2D eigenvalue weighted by molar-refractivity contribution is -0.148. The summed E-state index contributed by atoms with van der Waals surface area (Å²) in [5.74, 6) is 0.0522. The van der Waals surface area contributed by atoms with E-state index in [-0.39, 0.29) is 24.2 Å². The first kappa shape index (κ1) is 20.2. The van der Waals surface area contributed by atoms with Gasteiger partial charge in [-0.05, 0) is 38.8 Å². The monoisotopic (exact) mass is 347 g/mol. The Labute approximate surface area is 145 Å². The Balaban J connectivity index is 0.00000264. The van der Waals surface area contributed by atoms with Gasteiger partial charge in [0.05, 0.1) is 5.41 Å². The van der Waals surface area contributed by atoms with E-state index in [0.29, 0.717) is 19.4 Å². The molecule has 23 heavy (non-hydrogen) atoms. The molecular formula is C16H30ClN3O3. The molecule has 1 aliphatic heterocycles. The Morgan fingerprint density at radius 1 is 1.13 bits per heavy atom. The zero-order valence-electron chi connectivity index (χ0n) is 14.4. The molecule has 1 aliphatic carbocycles. The van der Waals surface area contributed by atoms with Crippen molar-refractivity contribution >= 4 is 24.2 Å². The molecule has 0 aromatic carbocycles. The van der Waals surface area contributed by atoms with Crippen LogP contribution in [0, 0.1) is 5.41 Å². The summed E-state index contributed by atoms with van der Waals surface area (Å²) in [6.45, 7) is 1.98. The number of nitrogens with one attached hydrogen (secondary N) is 2. The molecule has 7 heteroatoms. The van der Waals surface area contributed by atoms with Gasteiger partial charge in [0.15, 0.2) is 0 Å². The number of amides is 2. The third-order valence-corrected chi connectivity index (χ3v) is 5.22. The van der Waals surface area contributed by atoms with Crippen molar-refractivity contribution in [3.05, 3.63) is 0 Å². The predicted octanol–water partition coefficient (Wildman–Crippen LogP) is 0.942. The Bertz CT molecular complexity index is 417. The van der Waals surface area contributed by atoms with Gasteiger partial charge in [-0.25, -0.2) is 0 Å². The average molecular weight is 348 g/mol. The molecular weight excluding hydrogens is 318 g/mol. The predicted molar refractivity (Wildman–Crippen MR) is 91.7 cm³/mol. The number of hydrogen-bond acceptors (Lipinski definition) is 4. The van der Waals surface area contributed by atoms with Crippen molar-refractivity contribution in [3.8, 4) is 0 Å². The molecule has 2 rings (SSSR count). The van der Waals surface area contributed by atoms with Crippen LogP contribution >= 0.6 is 12.4 Å². The number of carbonyl (C=O) groups is 2. The minimum absolute atomic E-state index is 0. The zero-order valence-corrected chi connectivity index (χ0v) is 15.3. The molecule has 2 amide bonds. The Kier molecular flexibility index (Phi) is 7.29. The van der Waals surface area contributed by atoms with E-state index < -0.39 is 11.0 Å². The first-order chi connectivity index (χ1) is 10.5. The van der Waals surface area contributed by atoms with Gasteiger partial charge in [0.25, 0.3) is 5.91 Å². The summed E-state index contributed by atoms with van der Waals surface area (Å²) in [5.41, 5.74) is -1.17. The van der Waals surface area contributed by atoms with Crippen molar-refractivity contribution in [3.63, 3.8) is 0 Å². The number of halogens is 1. The highest BCUT2D eigenvalue weighted by atomic mass is 35.5. The molecule has 6 nitrogen and oxygen atoms in total. The fourth-order valence-electron chi connectivity index (χ4n) is 3.76. The van der Waals surface area contributed by atoms with Gasteiger partial charge in [-0.2, -0.15) is 0 Å². The lowest BCUT2D eigenvalue weighted by Crippen LogP contribution is -2.56. The normalized spacial score (nSPS) is 22.0. The number of rotatable bonds is 5. The quantitative estimate of drug-likeness (QED) is 0.776. The fourth-order valence-corrected chi connectivity index (χ4v) is 3.76. The van der Waals surface area contributed by atoms with Crippen LogP contribution in [0.5, 0.6) is 0 Å². The number of methoxy groups -OCH3 is 1. The summed E-state index contributed by atoms with van der Waals surface area (Å²) in [7, 11) is 5.17. The van der Waals surface area contributed by atoms with Crippen molar-refractivity contribution in [2.75, 3.05) is 40.8 Å². The molecule has 0 unspecified atom stereocenters. The number of hydrogen-bond donors (Lipinski definition) is 2. The van der Waals surface area contributed by atoms with Crippen molar-refractivity contribution in [2.24, 2.45) is 5.41 Å². The third kappa shape index (κ3) is 4.17. The number of carbonyl (C=O) groups excluding carboxylic acids is 2. The Hall–Kier alpha value is -0.850. The first-order valence-corrected chi connectivity index (χ1v) is 8.22. The smallest absolute Gasteiger partial charge is 0.252 e. The minimum Gasteiger partial charge on any atom is -0.368 e. The van der Waals surface area contributed by atoms with Crippen LogP contribution in [-0.4, -0.2) is 63.2 Å².